The zero-order valence-electron chi connectivity index (χ0n) is 15.6. The van der Waals surface area contributed by atoms with Gasteiger partial charge in [-0.3, -0.25) is 9.59 Å². The van der Waals surface area contributed by atoms with Crippen LogP contribution < -0.4 is 15.5 Å². The normalized spacial score (nSPS) is 10.6. The average Bonchev–Trinajstić information content (AvgIpc) is 2.57. The zero-order chi connectivity index (χ0) is 18.1. The van der Waals surface area contributed by atoms with Crippen LogP contribution in [0.25, 0.3) is 0 Å². The number of hydrogen-bond donors (Lipinski definition) is 2. The lowest BCUT2D eigenvalue weighted by molar-refractivity contribution is -0.127. The molecule has 1 aromatic carbocycles. The number of nitrogens with zero attached hydrogens (tertiary/aromatic N) is 1. The summed E-state index contributed by atoms with van der Waals surface area (Å²) in [6.07, 6.45) is 1.58. The topological polar surface area (TPSA) is 61.4 Å². The maximum Gasteiger partial charge on any atom is 0.243 e. The first-order chi connectivity index (χ1) is 11.5. The van der Waals surface area contributed by atoms with E-state index in [0.29, 0.717) is 0 Å². The quantitative estimate of drug-likeness (QED) is 0.728. The van der Waals surface area contributed by atoms with Crippen molar-refractivity contribution in [2.75, 3.05) is 29.9 Å². The summed E-state index contributed by atoms with van der Waals surface area (Å²) in [7, 11) is 0. The zero-order valence-corrected chi connectivity index (χ0v) is 15.6. The van der Waals surface area contributed by atoms with E-state index >= 15 is 0 Å². The molecule has 2 amide bonds. The third-order valence-corrected chi connectivity index (χ3v) is 4.39. The van der Waals surface area contributed by atoms with Crippen molar-refractivity contribution >= 4 is 23.2 Å². The smallest absolute Gasteiger partial charge is 0.243 e. The second-order valence-electron chi connectivity index (χ2n) is 5.95. The van der Waals surface area contributed by atoms with Crippen LogP contribution in [0.1, 0.15) is 46.1 Å². The van der Waals surface area contributed by atoms with Crippen LogP contribution in [-0.4, -0.2) is 31.4 Å². The molecule has 0 spiro atoms. The molecule has 0 saturated carbocycles. The summed E-state index contributed by atoms with van der Waals surface area (Å²) in [5.41, 5.74) is 2.95. The summed E-state index contributed by atoms with van der Waals surface area (Å²) in [6.45, 7) is 12.1. The van der Waals surface area contributed by atoms with Crippen LogP contribution in [-0.2, 0) is 9.59 Å². The number of nitrogens with one attached hydrogen (secondary N) is 2. The van der Waals surface area contributed by atoms with Gasteiger partial charge in [-0.05, 0) is 57.4 Å². The second-order valence-corrected chi connectivity index (χ2v) is 5.95. The van der Waals surface area contributed by atoms with Crippen LogP contribution in [0.15, 0.2) is 18.2 Å². The molecule has 5 heteroatoms. The van der Waals surface area contributed by atoms with Gasteiger partial charge in [0, 0.05) is 30.4 Å². The molecule has 0 bridgehead atoms. The number of carbonyl (C=O) groups is 2. The van der Waals surface area contributed by atoms with E-state index in [1.807, 2.05) is 32.9 Å². The van der Waals surface area contributed by atoms with Crippen molar-refractivity contribution in [3.63, 3.8) is 0 Å². The molecule has 1 aromatic rings. The lowest BCUT2D eigenvalue weighted by atomic mass is 10.0. The Morgan fingerprint density at radius 2 is 1.71 bits per heavy atom. The van der Waals surface area contributed by atoms with Gasteiger partial charge < -0.3 is 15.5 Å². The summed E-state index contributed by atoms with van der Waals surface area (Å²) in [5, 5.41) is 5.58. The molecule has 0 radical (unpaired) electrons. The van der Waals surface area contributed by atoms with Crippen LogP contribution >= 0.6 is 0 Å². The Bertz CT molecular complexity index is 550. The van der Waals surface area contributed by atoms with Crippen molar-refractivity contribution in [3.05, 3.63) is 23.8 Å². The molecule has 0 unspecified atom stereocenters. The number of amides is 2. The maximum absolute atomic E-state index is 12.1. The van der Waals surface area contributed by atoms with Crippen molar-refractivity contribution in [2.45, 2.75) is 47.5 Å². The summed E-state index contributed by atoms with van der Waals surface area (Å²) in [6, 6.07) is 6.01. The summed E-state index contributed by atoms with van der Waals surface area (Å²) in [4.78, 5) is 26.2. The standard InChI is InChI=1S/C19H31N3O2/c1-6-15(7-2)19(24)20-13-18(23)21-17-11-10-16(12-14(17)5)22(8-3)9-4/h10-12,15H,6-9,13H2,1-5H3,(H,20,24)(H,21,23). The van der Waals surface area contributed by atoms with E-state index in [4.69, 9.17) is 0 Å². The number of benzene rings is 1. The summed E-state index contributed by atoms with van der Waals surface area (Å²) >= 11 is 0. The molecule has 134 valence electrons. The highest BCUT2D eigenvalue weighted by Gasteiger charge is 2.15. The molecule has 0 aliphatic carbocycles. The van der Waals surface area contributed by atoms with Gasteiger partial charge in [0.1, 0.15) is 0 Å². The third-order valence-electron chi connectivity index (χ3n) is 4.39. The first-order valence-electron chi connectivity index (χ1n) is 8.89. The van der Waals surface area contributed by atoms with Crippen LogP contribution in [0.4, 0.5) is 11.4 Å². The maximum atomic E-state index is 12.1. The van der Waals surface area contributed by atoms with Gasteiger partial charge in [-0.15, -0.1) is 0 Å². The van der Waals surface area contributed by atoms with Gasteiger partial charge >= 0.3 is 0 Å². The number of anilines is 2. The predicted octanol–water partition coefficient (Wildman–Crippen LogP) is 3.33. The molecular formula is C19H31N3O2. The van der Waals surface area contributed by atoms with Crippen molar-refractivity contribution in [2.24, 2.45) is 5.92 Å². The predicted molar refractivity (Wildman–Crippen MR) is 100 cm³/mol. The summed E-state index contributed by atoms with van der Waals surface area (Å²) < 4.78 is 0. The fourth-order valence-corrected chi connectivity index (χ4v) is 2.74. The molecule has 24 heavy (non-hydrogen) atoms. The van der Waals surface area contributed by atoms with Crippen LogP contribution in [0.3, 0.4) is 0 Å². The van der Waals surface area contributed by atoms with E-state index in [-0.39, 0.29) is 24.3 Å². The Hall–Kier alpha value is -2.04. The van der Waals surface area contributed by atoms with Gasteiger partial charge in [0.15, 0.2) is 0 Å². The van der Waals surface area contributed by atoms with Crippen molar-refractivity contribution in [3.8, 4) is 0 Å². The van der Waals surface area contributed by atoms with E-state index in [0.717, 1.165) is 42.9 Å². The molecule has 0 aromatic heterocycles. The minimum absolute atomic E-state index is 0.00652. The van der Waals surface area contributed by atoms with Crippen LogP contribution in [0, 0.1) is 12.8 Å². The Morgan fingerprint density at radius 1 is 1.08 bits per heavy atom. The average molecular weight is 333 g/mol. The number of hydrogen-bond acceptors (Lipinski definition) is 3. The minimum atomic E-state index is -0.201. The molecule has 1 rings (SSSR count). The van der Waals surface area contributed by atoms with Gasteiger partial charge in [-0.25, -0.2) is 0 Å². The number of rotatable bonds is 9. The number of aryl methyl sites for hydroxylation is 1. The van der Waals surface area contributed by atoms with E-state index < -0.39 is 0 Å². The highest BCUT2D eigenvalue weighted by Crippen LogP contribution is 2.22. The lowest BCUT2D eigenvalue weighted by Gasteiger charge is -2.22. The Labute approximate surface area is 145 Å². The third kappa shape index (κ3) is 5.55. The van der Waals surface area contributed by atoms with Gasteiger partial charge in [-0.2, -0.15) is 0 Å². The van der Waals surface area contributed by atoms with E-state index in [1.165, 1.54) is 0 Å². The van der Waals surface area contributed by atoms with Crippen LogP contribution in [0.2, 0.25) is 0 Å². The lowest BCUT2D eigenvalue weighted by Crippen LogP contribution is -2.36. The molecule has 0 aliphatic heterocycles. The Balaban J connectivity index is 2.63. The Kier molecular flexibility index (Phi) is 8.30. The van der Waals surface area contributed by atoms with Gasteiger partial charge in [0.25, 0.3) is 0 Å². The SMILES string of the molecule is CCC(CC)C(=O)NCC(=O)Nc1ccc(N(CC)CC)cc1C. The molecular weight excluding hydrogens is 302 g/mol. The van der Waals surface area contributed by atoms with Crippen molar-refractivity contribution in [1.29, 1.82) is 0 Å². The molecule has 0 fully saturated rings. The van der Waals surface area contributed by atoms with E-state index in [1.54, 1.807) is 0 Å². The Morgan fingerprint density at radius 3 is 2.21 bits per heavy atom. The van der Waals surface area contributed by atoms with Crippen molar-refractivity contribution < 1.29 is 9.59 Å². The molecule has 2 N–H and O–H groups in total. The largest absolute Gasteiger partial charge is 0.372 e. The number of carbonyl (C=O) groups excluding carboxylic acids is 2. The molecule has 0 heterocycles. The van der Waals surface area contributed by atoms with E-state index in [9.17, 15) is 9.59 Å². The fraction of sp³-hybridized carbons (Fsp3) is 0.579. The molecule has 5 nitrogen and oxygen atoms in total. The van der Waals surface area contributed by atoms with Crippen LogP contribution in [0.5, 0.6) is 0 Å². The monoisotopic (exact) mass is 333 g/mol. The van der Waals surface area contributed by atoms with Gasteiger partial charge in [0.2, 0.25) is 11.8 Å². The highest BCUT2D eigenvalue weighted by molar-refractivity contribution is 5.95. The molecule has 0 atom stereocenters. The van der Waals surface area contributed by atoms with Gasteiger partial charge in [-0.1, -0.05) is 13.8 Å². The minimum Gasteiger partial charge on any atom is -0.372 e. The highest BCUT2D eigenvalue weighted by atomic mass is 16.2. The van der Waals surface area contributed by atoms with Crippen molar-refractivity contribution in [1.82, 2.24) is 5.32 Å². The molecule has 0 saturated heterocycles. The fourth-order valence-electron chi connectivity index (χ4n) is 2.74. The van der Waals surface area contributed by atoms with Gasteiger partial charge in [0.05, 0.1) is 6.54 Å². The van der Waals surface area contributed by atoms with E-state index in [2.05, 4.69) is 35.4 Å². The first kappa shape index (κ1) is 20.0. The second kappa shape index (κ2) is 9.96. The summed E-state index contributed by atoms with van der Waals surface area (Å²) in [5.74, 6) is -0.273. The molecule has 0 aliphatic rings. The first-order valence-corrected chi connectivity index (χ1v) is 8.89.